The maximum Gasteiger partial charge on any atom is 0.253 e. The van der Waals surface area contributed by atoms with Crippen LogP contribution in [0.3, 0.4) is 0 Å². The first-order valence-electron chi connectivity index (χ1n) is 8.56. The van der Waals surface area contributed by atoms with Crippen LogP contribution in [-0.2, 0) is 4.79 Å². The quantitative estimate of drug-likeness (QED) is 0.898. The van der Waals surface area contributed by atoms with Gasteiger partial charge in [0.15, 0.2) is 0 Å². The van der Waals surface area contributed by atoms with Crippen LogP contribution in [0.4, 0.5) is 5.69 Å². The lowest BCUT2D eigenvalue weighted by Crippen LogP contribution is -2.37. The zero-order valence-electron chi connectivity index (χ0n) is 13.7. The van der Waals surface area contributed by atoms with Gasteiger partial charge < -0.3 is 15.5 Å². The third kappa shape index (κ3) is 3.72. The number of hydrogen-bond donors (Lipinski definition) is 2. The van der Waals surface area contributed by atoms with Gasteiger partial charge in [-0.05, 0) is 62.9 Å². The standard InChI is InChI=1S/C18H25N3O2/c1-13-11-14(18(23)21-9-2-3-10-21)6-7-16(13)20-17(22)15-5-4-8-19-12-15/h6-7,11,15,19H,2-5,8-10,12H2,1H3,(H,20,22). The van der Waals surface area contributed by atoms with Crippen molar-refractivity contribution in [3.8, 4) is 0 Å². The highest BCUT2D eigenvalue weighted by Crippen LogP contribution is 2.21. The summed E-state index contributed by atoms with van der Waals surface area (Å²) in [6.45, 7) is 5.39. The molecule has 0 bridgehead atoms. The van der Waals surface area contributed by atoms with Crippen molar-refractivity contribution >= 4 is 17.5 Å². The summed E-state index contributed by atoms with van der Waals surface area (Å²) in [5.74, 6) is 0.202. The number of likely N-dealkylation sites (tertiary alicyclic amines) is 1. The van der Waals surface area contributed by atoms with E-state index in [1.54, 1.807) is 0 Å². The molecule has 1 aromatic rings. The number of anilines is 1. The fraction of sp³-hybridized carbons (Fsp3) is 0.556. The third-order valence-corrected chi connectivity index (χ3v) is 4.79. The van der Waals surface area contributed by atoms with Gasteiger partial charge in [-0.25, -0.2) is 0 Å². The van der Waals surface area contributed by atoms with Crippen molar-refractivity contribution in [2.45, 2.75) is 32.6 Å². The molecule has 124 valence electrons. The lowest BCUT2D eigenvalue weighted by molar-refractivity contribution is -0.120. The maximum absolute atomic E-state index is 12.4. The van der Waals surface area contributed by atoms with E-state index in [0.717, 1.165) is 63.1 Å². The Morgan fingerprint density at radius 2 is 2.00 bits per heavy atom. The number of rotatable bonds is 3. The number of carbonyl (C=O) groups excluding carboxylic acids is 2. The summed E-state index contributed by atoms with van der Waals surface area (Å²) in [7, 11) is 0. The SMILES string of the molecule is Cc1cc(C(=O)N2CCCC2)ccc1NC(=O)C1CCCNC1. The Labute approximate surface area is 137 Å². The van der Waals surface area contributed by atoms with E-state index < -0.39 is 0 Å². The molecular formula is C18H25N3O2. The van der Waals surface area contributed by atoms with Crippen molar-refractivity contribution in [3.63, 3.8) is 0 Å². The number of nitrogens with one attached hydrogen (secondary N) is 2. The Balaban J connectivity index is 1.66. The zero-order chi connectivity index (χ0) is 16.2. The van der Waals surface area contributed by atoms with E-state index in [1.165, 1.54) is 0 Å². The van der Waals surface area contributed by atoms with Crippen LogP contribution in [0.2, 0.25) is 0 Å². The molecule has 5 nitrogen and oxygen atoms in total. The first-order chi connectivity index (χ1) is 11.1. The molecule has 2 N–H and O–H groups in total. The van der Waals surface area contributed by atoms with Crippen molar-refractivity contribution in [3.05, 3.63) is 29.3 Å². The molecule has 5 heteroatoms. The minimum absolute atomic E-state index is 0.0362. The first-order valence-corrected chi connectivity index (χ1v) is 8.56. The fourth-order valence-electron chi connectivity index (χ4n) is 3.35. The highest BCUT2D eigenvalue weighted by Gasteiger charge is 2.22. The van der Waals surface area contributed by atoms with Gasteiger partial charge in [-0.3, -0.25) is 9.59 Å². The largest absolute Gasteiger partial charge is 0.339 e. The Morgan fingerprint density at radius 3 is 2.65 bits per heavy atom. The van der Waals surface area contributed by atoms with Crippen molar-refractivity contribution in [1.82, 2.24) is 10.2 Å². The van der Waals surface area contributed by atoms with Crippen LogP contribution in [0.25, 0.3) is 0 Å². The second-order valence-corrected chi connectivity index (χ2v) is 6.56. The molecule has 0 aliphatic carbocycles. The maximum atomic E-state index is 12.4. The van der Waals surface area contributed by atoms with E-state index in [0.29, 0.717) is 5.56 Å². The van der Waals surface area contributed by atoms with E-state index in [1.807, 2.05) is 30.0 Å². The minimum Gasteiger partial charge on any atom is -0.339 e. The molecule has 0 aromatic heterocycles. The molecule has 2 saturated heterocycles. The molecule has 2 fully saturated rings. The molecule has 3 rings (SSSR count). The summed E-state index contributed by atoms with van der Waals surface area (Å²) in [5, 5.41) is 6.27. The van der Waals surface area contributed by atoms with Crippen LogP contribution >= 0.6 is 0 Å². The number of carbonyl (C=O) groups is 2. The minimum atomic E-state index is 0.0362. The van der Waals surface area contributed by atoms with Gasteiger partial charge in [-0.1, -0.05) is 0 Å². The number of piperidine rings is 1. The molecule has 1 unspecified atom stereocenters. The van der Waals surface area contributed by atoms with Gasteiger partial charge in [0, 0.05) is 30.9 Å². The highest BCUT2D eigenvalue weighted by atomic mass is 16.2. The molecule has 0 saturated carbocycles. The van der Waals surface area contributed by atoms with E-state index in [4.69, 9.17) is 0 Å². The number of aryl methyl sites for hydroxylation is 1. The van der Waals surface area contributed by atoms with Crippen LogP contribution in [0.15, 0.2) is 18.2 Å². The molecular weight excluding hydrogens is 290 g/mol. The summed E-state index contributed by atoms with van der Waals surface area (Å²) in [4.78, 5) is 26.6. The highest BCUT2D eigenvalue weighted by molar-refractivity contribution is 5.97. The van der Waals surface area contributed by atoms with Gasteiger partial charge in [-0.15, -0.1) is 0 Å². The van der Waals surface area contributed by atoms with Crippen LogP contribution in [0, 0.1) is 12.8 Å². The lowest BCUT2D eigenvalue weighted by atomic mass is 9.98. The van der Waals surface area contributed by atoms with Gasteiger partial charge in [0.25, 0.3) is 5.91 Å². The normalized spacial score (nSPS) is 21.3. The van der Waals surface area contributed by atoms with Crippen molar-refractivity contribution in [1.29, 1.82) is 0 Å². The number of amides is 2. The smallest absolute Gasteiger partial charge is 0.253 e. The Hall–Kier alpha value is -1.88. The van der Waals surface area contributed by atoms with Gasteiger partial charge in [0.1, 0.15) is 0 Å². The van der Waals surface area contributed by atoms with Crippen LogP contribution < -0.4 is 10.6 Å². The summed E-state index contributed by atoms with van der Waals surface area (Å²) in [6.07, 6.45) is 4.16. The van der Waals surface area contributed by atoms with Crippen molar-refractivity contribution in [2.75, 3.05) is 31.5 Å². The fourth-order valence-corrected chi connectivity index (χ4v) is 3.35. The molecule has 2 amide bonds. The molecule has 1 atom stereocenters. The molecule has 2 heterocycles. The van der Waals surface area contributed by atoms with Gasteiger partial charge in [0.2, 0.25) is 5.91 Å². The summed E-state index contributed by atoms with van der Waals surface area (Å²) in [6, 6.07) is 5.56. The van der Waals surface area contributed by atoms with Crippen molar-refractivity contribution in [2.24, 2.45) is 5.92 Å². The van der Waals surface area contributed by atoms with E-state index in [2.05, 4.69) is 10.6 Å². The summed E-state index contributed by atoms with van der Waals surface area (Å²) < 4.78 is 0. The molecule has 0 spiro atoms. The topological polar surface area (TPSA) is 61.4 Å². The van der Waals surface area contributed by atoms with Crippen LogP contribution in [-0.4, -0.2) is 42.9 Å². The average molecular weight is 315 g/mol. The second kappa shape index (κ2) is 7.13. The van der Waals surface area contributed by atoms with E-state index in [-0.39, 0.29) is 17.7 Å². The molecule has 0 radical (unpaired) electrons. The summed E-state index contributed by atoms with van der Waals surface area (Å²) in [5.41, 5.74) is 2.45. The molecule has 1 aromatic carbocycles. The molecule has 23 heavy (non-hydrogen) atoms. The molecule has 2 aliphatic rings. The van der Waals surface area contributed by atoms with Crippen LogP contribution in [0.1, 0.15) is 41.6 Å². The average Bonchev–Trinajstić information content (AvgIpc) is 3.11. The first kappa shape index (κ1) is 16.0. The van der Waals surface area contributed by atoms with Gasteiger partial charge in [-0.2, -0.15) is 0 Å². The van der Waals surface area contributed by atoms with E-state index >= 15 is 0 Å². The molecule has 2 aliphatic heterocycles. The monoisotopic (exact) mass is 315 g/mol. The Bertz CT molecular complexity index is 588. The predicted molar refractivity (Wildman–Crippen MR) is 90.5 cm³/mol. The summed E-state index contributed by atoms with van der Waals surface area (Å²) >= 11 is 0. The predicted octanol–water partition coefficient (Wildman–Crippen LogP) is 2.17. The van der Waals surface area contributed by atoms with Gasteiger partial charge >= 0.3 is 0 Å². The zero-order valence-corrected chi connectivity index (χ0v) is 13.7. The number of benzene rings is 1. The third-order valence-electron chi connectivity index (χ3n) is 4.79. The number of nitrogens with zero attached hydrogens (tertiary/aromatic N) is 1. The van der Waals surface area contributed by atoms with Gasteiger partial charge in [0.05, 0.1) is 5.92 Å². The van der Waals surface area contributed by atoms with E-state index in [9.17, 15) is 9.59 Å². The Morgan fingerprint density at radius 1 is 1.22 bits per heavy atom. The van der Waals surface area contributed by atoms with Crippen molar-refractivity contribution < 1.29 is 9.59 Å². The van der Waals surface area contributed by atoms with Crippen LogP contribution in [0.5, 0.6) is 0 Å². The second-order valence-electron chi connectivity index (χ2n) is 6.56. The lowest BCUT2D eigenvalue weighted by Gasteiger charge is -2.22. The number of hydrogen-bond acceptors (Lipinski definition) is 3. The Kier molecular flexibility index (Phi) is 4.96.